The van der Waals surface area contributed by atoms with Crippen molar-refractivity contribution < 1.29 is 9.53 Å². The van der Waals surface area contributed by atoms with E-state index in [4.69, 9.17) is 22.7 Å². The molecule has 0 radical (unpaired) electrons. The van der Waals surface area contributed by atoms with E-state index in [9.17, 15) is 4.79 Å². The number of amides is 1. The Bertz CT molecular complexity index is 468. The van der Waals surface area contributed by atoms with Crippen LogP contribution >= 0.6 is 28.1 Å². The highest BCUT2D eigenvalue weighted by Gasteiger charge is 2.05. The molecular formula is C12H16BrN3O2S. The summed E-state index contributed by atoms with van der Waals surface area (Å²) in [5.41, 5.74) is 7.12. The van der Waals surface area contributed by atoms with Crippen LogP contribution in [0.2, 0.25) is 0 Å². The van der Waals surface area contributed by atoms with Crippen molar-refractivity contribution in [3.05, 3.63) is 28.2 Å². The third kappa shape index (κ3) is 5.54. The van der Waals surface area contributed by atoms with Crippen LogP contribution in [0.1, 0.15) is 5.56 Å². The molecule has 4 N–H and O–H groups in total. The van der Waals surface area contributed by atoms with Crippen molar-refractivity contribution in [3.63, 3.8) is 0 Å². The molecule has 1 aromatic carbocycles. The molecule has 0 aliphatic carbocycles. The molecule has 0 bridgehead atoms. The molecule has 7 heteroatoms. The van der Waals surface area contributed by atoms with Gasteiger partial charge in [-0.15, -0.1) is 0 Å². The average Bonchev–Trinajstić information content (AvgIpc) is 2.37. The first kappa shape index (κ1) is 15.9. The van der Waals surface area contributed by atoms with Gasteiger partial charge in [0.15, 0.2) is 0 Å². The van der Waals surface area contributed by atoms with Gasteiger partial charge in [0.1, 0.15) is 4.99 Å². The SMILES string of the molecule is COCCNC(=O)CNc1ccc(C(N)=S)cc1Br. The molecule has 5 nitrogen and oxygen atoms in total. The molecule has 1 rings (SSSR count). The molecule has 0 fully saturated rings. The zero-order valence-corrected chi connectivity index (χ0v) is 12.9. The highest BCUT2D eigenvalue weighted by atomic mass is 79.9. The Labute approximate surface area is 126 Å². The lowest BCUT2D eigenvalue weighted by molar-refractivity contribution is -0.119. The van der Waals surface area contributed by atoms with E-state index in [1.807, 2.05) is 12.1 Å². The Morgan fingerprint density at radius 2 is 2.26 bits per heavy atom. The number of nitrogens with one attached hydrogen (secondary N) is 2. The van der Waals surface area contributed by atoms with Crippen molar-refractivity contribution in [2.75, 3.05) is 32.1 Å². The Morgan fingerprint density at radius 3 is 2.84 bits per heavy atom. The Balaban J connectivity index is 2.49. The fraction of sp³-hybridized carbons (Fsp3) is 0.333. The molecule has 104 valence electrons. The summed E-state index contributed by atoms with van der Waals surface area (Å²) in [7, 11) is 1.59. The summed E-state index contributed by atoms with van der Waals surface area (Å²) in [6, 6.07) is 5.44. The van der Waals surface area contributed by atoms with Crippen LogP contribution in [0.15, 0.2) is 22.7 Å². The maximum absolute atomic E-state index is 11.5. The van der Waals surface area contributed by atoms with Crippen LogP contribution in [0.5, 0.6) is 0 Å². The summed E-state index contributed by atoms with van der Waals surface area (Å²) in [6.45, 7) is 1.19. The summed E-state index contributed by atoms with van der Waals surface area (Å²) >= 11 is 8.29. The number of carbonyl (C=O) groups is 1. The summed E-state index contributed by atoms with van der Waals surface area (Å²) in [5.74, 6) is -0.0950. The van der Waals surface area contributed by atoms with E-state index in [0.29, 0.717) is 18.1 Å². The smallest absolute Gasteiger partial charge is 0.239 e. The molecule has 0 saturated carbocycles. The van der Waals surface area contributed by atoms with Gasteiger partial charge >= 0.3 is 0 Å². The molecule has 1 aromatic rings. The molecular weight excluding hydrogens is 330 g/mol. The fourth-order valence-corrected chi connectivity index (χ4v) is 1.99. The van der Waals surface area contributed by atoms with Crippen molar-refractivity contribution in [1.29, 1.82) is 0 Å². The van der Waals surface area contributed by atoms with Gasteiger partial charge in [0.05, 0.1) is 13.2 Å². The monoisotopic (exact) mass is 345 g/mol. The van der Waals surface area contributed by atoms with E-state index in [1.54, 1.807) is 13.2 Å². The van der Waals surface area contributed by atoms with E-state index < -0.39 is 0 Å². The van der Waals surface area contributed by atoms with Crippen LogP contribution in [0, 0.1) is 0 Å². The predicted molar refractivity (Wildman–Crippen MR) is 83.4 cm³/mol. The Morgan fingerprint density at radius 1 is 1.53 bits per heavy atom. The number of rotatable bonds is 7. The van der Waals surface area contributed by atoms with Crippen molar-refractivity contribution in [2.45, 2.75) is 0 Å². The number of hydrogen-bond donors (Lipinski definition) is 3. The van der Waals surface area contributed by atoms with Crippen molar-refractivity contribution in [2.24, 2.45) is 5.73 Å². The number of carbonyl (C=O) groups excluding carboxylic acids is 1. The van der Waals surface area contributed by atoms with Crippen molar-refractivity contribution in [1.82, 2.24) is 5.32 Å². The first-order valence-electron chi connectivity index (χ1n) is 5.63. The molecule has 0 heterocycles. The minimum Gasteiger partial charge on any atom is -0.389 e. The third-order valence-corrected chi connectivity index (χ3v) is 3.21. The van der Waals surface area contributed by atoms with Crippen LogP contribution in [0.25, 0.3) is 0 Å². The maximum atomic E-state index is 11.5. The van der Waals surface area contributed by atoms with Gasteiger partial charge < -0.3 is 21.1 Å². The zero-order valence-electron chi connectivity index (χ0n) is 10.5. The van der Waals surface area contributed by atoms with Crippen LogP contribution in [0.3, 0.4) is 0 Å². The molecule has 0 saturated heterocycles. The van der Waals surface area contributed by atoms with Gasteiger partial charge in [-0.2, -0.15) is 0 Å². The van der Waals surface area contributed by atoms with Gasteiger partial charge in [0.25, 0.3) is 0 Å². The number of hydrogen-bond acceptors (Lipinski definition) is 4. The quantitative estimate of drug-likeness (QED) is 0.512. The van der Waals surface area contributed by atoms with Gasteiger partial charge in [-0.25, -0.2) is 0 Å². The number of methoxy groups -OCH3 is 1. The maximum Gasteiger partial charge on any atom is 0.239 e. The number of benzene rings is 1. The summed E-state index contributed by atoms with van der Waals surface area (Å²) in [6.07, 6.45) is 0. The Kier molecular flexibility index (Phi) is 6.75. The molecule has 0 spiro atoms. The predicted octanol–water partition coefficient (Wildman–Crippen LogP) is 1.26. The highest BCUT2D eigenvalue weighted by Crippen LogP contribution is 2.23. The Hall–Kier alpha value is -1.18. The molecule has 0 aliphatic heterocycles. The van der Waals surface area contributed by atoms with E-state index in [1.165, 1.54) is 0 Å². The molecule has 0 aliphatic rings. The van der Waals surface area contributed by atoms with Gasteiger partial charge in [-0.3, -0.25) is 4.79 Å². The number of halogens is 1. The lowest BCUT2D eigenvalue weighted by Gasteiger charge is -2.10. The average molecular weight is 346 g/mol. The minimum absolute atomic E-state index is 0.0950. The van der Waals surface area contributed by atoms with E-state index in [2.05, 4.69) is 26.6 Å². The largest absolute Gasteiger partial charge is 0.389 e. The second-order valence-electron chi connectivity index (χ2n) is 3.76. The van der Waals surface area contributed by atoms with Crippen molar-refractivity contribution >= 4 is 44.7 Å². The standard InChI is InChI=1S/C12H16BrN3O2S/c1-18-5-4-15-11(17)7-16-10-3-2-8(12(14)19)6-9(10)13/h2-3,6,16H,4-5,7H2,1H3,(H2,14,19)(H,15,17). The van der Waals surface area contributed by atoms with E-state index >= 15 is 0 Å². The first-order valence-corrected chi connectivity index (χ1v) is 6.83. The minimum atomic E-state index is -0.0950. The number of nitrogens with two attached hydrogens (primary N) is 1. The van der Waals surface area contributed by atoms with Crippen LogP contribution in [-0.4, -0.2) is 37.7 Å². The normalized spacial score (nSPS) is 10.0. The summed E-state index contributed by atoms with van der Waals surface area (Å²) in [5, 5.41) is 5.74. The number of thiocarbonyl (C=S) groups is 1. The summed E-state index contributed by atoms with van der Waals surface area (Å²) < 4.78 is 5.65. The molecule has 0 unspecified atom stereocenters. The number of ether oxygens (including phenoxy) is 1. The van der Waals surface area contributed by atoms with Crippen LogP contribution < -0.4 is 16.4 Å². The van der Waals surface area contributed by atoms with Crippen molar-refractivity contribution in [3.8, 4) is 0 Å². The van der Waals surface area contributed by atoms with Gasteiger partial charge in [-0.05, 0) is 34.1 Å². The van der Waals surface area contributed by atoms with Gasteiger partial charge in [0, 0.05) is 29.4 Å². The molecule has 0 aromatic heterocycles. The number of anilines is 1. The molecule has 0 atom stereocenters. The lowest BCUT2D eigenvalue weighted by atomic mass is 10.2. The van der Waals surface area contributed by atoms with Gasteiger partial charge in [0.2, 0.25) is 5.91 Å². The molecule has 19 heavy (non-hydrogen) atoms. The second kappa shape index (κ2) is 8.08. The summed E-state index contributed by atoms with van der Waals surface area (Å²) in [4.78, 5) is 11.8. The lowest BCUT2D eigenvalue weighted by Crippen LogP contribution is -2.32. The zero-order chi connectivity index (χ0) is 14.3. The topological polar surface area (TPSA) is 76.4 Å². The second-order valence-corrected chi connectivity index (χ2v) is 5.05. The van der Waals surface area contributed by atoms with Crippen LogP contribution in [0.4, 0.5) is 5.69 Å². The highest BCUT2D eigenvalue weighted by molar-refractivity contribution is 9.10. The van der Waals surface area contributed by atoms with Gasteiger partial charge in [-0.1, -0.05) is 12.2 Å². The third-order valence-electron chi connectivity index (χ3n) is 2.32. The van der Waals surface area contributed by atoms with E-state index in [0.717, 1.165) is 15.7 Å². The van der Waals surface area contributed by atoms with E-state index in [-0.39, 0.29) is 12.5 Å². The van der Waals surface area contributed by atoms with Crippen LogP contribution in [-0.2, 0) is 9.53 Å². The fourth-order valence-electron chi connectivity index (χ4n) is 1.34. The molecule has 1 amide bonds. The first-order chi connectivity index (χ1) is 9.04.